The highest BCUT2D eigenvalue weighted by Crippen LogP contribution is 2.31. The summed E-state index contributed by atoms with van der Waals surface area (Å²) in [5.74, 6) is 0.232. The number of nitrogens with one attached hydrogen (secondary N) is 2. The highest BCUT2D eigenvalue weighted by atomic mass is 35.5. The van der Waals surface area contributed by atoms with Gasteiger partial charge in [0.1, 0.15) is 5.75 Å². The van der Waals surface area contributed by atoms with Gasteiger partial charge in [0.15, 0.2) is 11.7 Å². The van der Waals surface area contributed by atoms with Crippen LogP contribution in [0, 0.1) is 13.8 Å². The van der Waals surface area contributed by atoms with Crippen molar-refractivity contribution in [2.75, 3.05) is 29.9 Å². The number of amides is 1. The van der Waals surface area contributed by atoms with Crippen molar-refractivity contribution in [1.29, 1.82) is 0 Å². The summed E-state index contributed by atoms with van der Waals surface area (Å²) in [6.45, 7) is 5.67. The molecule has 0 radical (unpaired) electrons. The van der Waals surface area contributed by atoms with Crippen LogP contribution in [0.1, 0.15) is 24.0 Å². The fourth-order valence-electron chi connectivity index (χ4n) is 3.26. The molecule has 0 saturated carbocycles. The molecule has 0 aliphatic carbocycles. The molecule has 0 unspecified atom stereocenters. The lowest BCUT2D eigenvalue weighted by atomic mass is 10.1. The molecule has 0 atom stereocenters. The molecule has 2 aromatic carbocycles. The third kappa shape index (κ3) is 5.75. The summed E-state index contributed by atoms with van der Waals surface area (Å²) in [6, 6.07) is 9.26. The SMILES string of the molecule is Cc1cc(OCC(=O)NC(=S)Nc2ccc(N3CCCC3)c(Cl)c2)cc(C)c1Cl. The average Bonchev–Trinajstić information content (AvgIpc) is 3.18. The maximum atomic E-state index is 12.1. The first-order valence-electron chi connectivity index (χ1n) is 9.38. The van der Waals surface area contributed by atoms with Gasteiger partial charge in [-0.1, -0.05) is 23.2 Å². The van der Waals surface area contributed by atoms with Gasteiger partial charge in [-0.3, -0.25) is 10.1 Å². The van der Waals surface area contributed by atoms with Crippen molar-refractivity contribution in [1.82, 2.24) is 5.32 Å². The highest BCUT2D eigenvalue weighted by molar-refractivity contribution is 7.80. The monoisotopic (exact) mass is 451 g/mol. The van der Waals surface area contributed by atoms with Crippen LogP contribution in [0.5, 0.6) is 5.75 Å². The molecule has 5 nitrogen and oxygen atoms in total. The van der Waals surface area contributed by atoms with Gasteiger partial charge in [0.05, 0.1) is 10.7 Å². The van der Waals surface area contributed by atoms with Crippen LogP contribution in [0.15, 0.2) is 30.3 Å². The molecule has 154 valence electrons. The van der Waals surface area contributed by atoms with Crippen molar-refractivity contribution in [2.45, 2.75) is 26.7 Å². The molecule has 1 heterocycles. The van der Waals surface area contributed by atoms with Gasteiger partial charge in [-0.25, -0.2) is 0 Å². The van der Waals surface area contributed by atoms with Crippen LogP contribution >= 0.6 is 35.4 Å². The second-order valence-electron chi connectivity index (χ2n) is 7.02. The largest absolute Gasteiger partial charge is 0.484 e. The molecule has 8 heteroatoms. The van der Waals surface area contributed by atoms with Gasteiger partial charge in [-0.15, -0.1) is 0 Å². The van der Waals surface area contributed by atoms with E-state index in [-0.39, 0.29) is 17.6 Å². The summed E-state index contributed by atoms with van der Waals surface area (Å²) in [5.41, 5.74) is 3.53. The summed E-state index contributed by atoms with van der Waals surface area (Å²) in [4.78, 5) is 14.4. The van der Waals surface area contributed by atoms with Crippen LogP contribution in [-0.4, -0.2) is 30.7 Å². The molecule has 3 rings (SSSR count). The minimum Gasteiger partial charge on any atom is -0.484 e. The zero-order chi connectivity index (χ0) is 21.0. The molecule has 0 bridgehead atoms. The first-order valence-corrected chi connectivity index (χ1v) is 10.5. The lowest BCUT2D eigenvalue weighted by Gasteiger charge is -2.20. The van der Waals surface area contributed by atoms with Crippen molar-refractivity contribution in [3.05, 3.63) is 51.5 Å². The Morgan fingerprint density at radius 1 is 1.14 bits per heavy atom. The number of aryl methyl sites for hydroxylation is 2. The van der Waals surface area contributed by atoms with Crippen LogP contribution in [-0.2, 0) is 4.79 Å². The molecule has 0 aromatic heterocycles. The summed E-state index contributed by atoms with van der Waals surface area (Å²) < 4.78 is 5.54. The third-order valence-electron chi connectivity index (χ3n) is 4.69. The van der Waals surface area contributed by atoms with E-state index < -0.39 is 0 Å². The summed E-state index contributed by atoms with van der Waals surface area (Å²) >= 11 is 17.8. The van der Waals surface area contributed by atoms with Crippen molar-refractivity contribution in [3.8, 4) is 5.75 Å². The number of anilines is 2. The average molecular weight is 452 g/mol. The molecule has 29 heavy (non-hydrogen) atoms. The zero-order valence-corrected chi connectivity index (χ0v) is 18.7. The molecule has 1 fully saturated rings. The Morgan fingerprint density at radius 3 is 2.41 bits per heavy atom. The van der Waals surface area contributed by atoms with Crippen LogP contribution < -0.4 is 20.3 Å². The molecule has 0 spiro atoms. The van der Waals surface area contributed by atoms with Gasteiger partial charge >= 0.3 is 0 Å². The second-order valence-corrected chi connectivity index (χ2v) is 8.22. The number of halogens is 2. The smallest absolute Gasteiger partial charge is 0.264 e. The van der Waals surface area contributed by atoms with Crippen molar-refractivity contribution in [2.24, 2.45) is 0 Å². The number of benzene rings is 2. The fraction of sp³-hybridized carbons (Fsp3) is 0.333. The first-order chi connectivity index (χ1) is 13.8. The van der Waals surface area contributed by atoms with Gasteiger partial charge in [0, 0.05) is 23.8 Å². The Morgan fingerprint density at radius 2 is 1.79 bits per heavy atom. The number of ether oxygens (including phenoxy) is 1. The molecule has 1 amide bonds. The van der Waals surface area contributed by atoms with Crippen LogP contribution in [0.25, 0.3) is 0 Å². The third-order valence-corrected chi connectivity index (χ3v) is 5.79. The predicted molar refractivity (Wildman–Crippen MR) is 124 cm³/mol. The highest BCUT2D eigenvalue weighted by Gasteiger charge is 2.15. The Bertz CT molecular complexity index is 907. The van der Waals surface area contributed by atoms with Gasteiger partial charge in [0.2, 0.25) is 0 Å². The predicted octanol–water partition coefficient (Wildman–Crippen LogP) is 5.10. The minimum atomic E-state index is -0.354. The first kappa shape index (κ1) is 21.7. The van der Waals surface area contributed by atoms with E-state index in [4.69, 9.17) is 40.2 Å². The number of hydrogen-bond acceptors (Lipinski definition) is 4. The second kappa shape index (κ2) is 9.65. The van der Waals surface area contributed by atoms with E-state index in [1.165, 1.54) is 12.8 Å². The molecule has 1 saturated heterocycles. The zero-order valence-electron chi connectivity index (χ0n) is 16.4. The number of rotatable bonds is 5. The molecule has 1 aliphatic rings. The number of thiocarbonyl (C=S) groups is 1. The standard InChI is InChI=1S/C21H23Cl2N3O2S/c1-13-9-16(10-14(2)20(13)23)28-12-19(27)25-21(29)24-15-5-6-18(17(22)11-15)26-7-3-4-8-26/h5-6,9-11H,3-4,7-8,12H2,1-2H3,(H2,24,25,27,29). The number of carbonyl (C=O) groups excluding carboxylic acids is 1. The van der Waals surface area contributed by atoms with E-state index in [1.807, 2.05) is 32.0 Å². The molecule has 1 aliphatic heterocycles. The van der Waals surface area contributed by atoms with E-state index in [1.54, 1.807) is 12.1 Å². The maximum absolute atomic E-state index is 12.1. The molecular weight excluding hydrogens is 429 g/mol. The summed E-state index contributed by atoms with van der Waals surface area (Å²) in [6.07, 6.45) is 2.37. The van der Waals surface area contributed by atoms with Gasteiger partial charge in [-0.05, 0) is 80.4 Å². The van der Waals surface area contributed by atoms with Crippen molar-refractivity contribution < 1.29 is 9.53 Å². The van der Waals surface area contributed by atoms with E-state index in [9.17, 15) is 4.79 Å². The van der Waals surface area contributed by atoms with Gasteiger partial charge < -0.3 is 15.0 Å². The number of carbonyl (C=O) groups is 1. The van der Waals surface area contributed by atoms with Gasteiger partial charge in [0.25, 0.3) is 5.91 Å². The van der Waals surface area contributed by atoms with Crippen LogP contribution in [0.4, 0.5) is 11.4 Å². The Labute approximate surface area is 186 Å². The summed E-state index contributed by atoms with van der Waals surface area (Å²) in [5, 5.41) is 7.12. The minimum absolute atomic E-state index is 0.156. The Hall–Kier alpha value is -2.02. The fourth-order valence-corrected chi connectivity index (χ4v) is 3.90. The number of hydrogen-bond donors (Lipinski definition) is 2. The summed E-state index contributed by atoms with van der Waals surface area (Å²) in [7, 11) is 0. The molecule has 2 aromatic rings. The van der Waals surface area contributed by atoms with Crippen LogP contribution in [0.3, 0.4) is 0 Å². The van der Waals surface area contributed by atoms with E-state index >= 15 is 0 Å². The Balaban J connectivity index is 1.51. The van der Waals surface area contributed by atoms with Gasteiger partial charge in [-0.2, -0.15) is 0 Å². The number of nitrogens with zero attached hydrogens (tertiary/aromatic N) is 1. The topological polar surface area (TPSA) is 53.6 Å². The van der Waals surface area contributed by atoms with Crippen molar-refractivity contribution in [3.63, 3.8) is 0 Å². The lowest BCUT2D eigenvalue weighted by molar-refractivity contribution is -0.121. The van der Waals surface area contributed by atoms with E-state index in [0.717, 1.165) is 29.9 Å². The van der Waals surface area contributed by atoms with Crippen molar-refractivity contribution >= 4 is 57.8 Å². The lowest BCUT2D eigenvalue weighted by Crippen LogP contribution is -2.37. The van der Waals surface area contributed by atoms with E-state index in [0.29, 0.717) is 21.5 Å². The van der Waals surface area contributed by atoms with E-state index in [2.05, 4.69) is 15.5 Å². The molecule has 2 N–H and O–H groups in total. The normalized spacial score (nSPS) is 13.3. The Kier molecular flexibility index (Phi) is 7.22. The quantitative estimate of drug-likeness (QED) is 0.619. The molecular formula is C21H23Cl2N3O2S. The maximum Gasteiger partial charge on any atom is 0.264 e. The van der Waals surface area contributed by atoms with Crippen LogP contribution in [0.2, 0.25) is 10.0 Å².